The first-order valence-electron chi connectivity index (χ1n) is 10.4. The summed E-state index contributed by atoms with van der Waals surface area (Å²) in [4.78, 5) is 11.4. The van der Waals surface area contributed by atoms with Crippen molar-refractivity contribution in [3.8, 4) is 0 Å². The monoisotopic (exact) mass is 562 g/mol. The van der Waals surface area contributed by atoms with Crippen molar-refractivity contribution in [2.75, 3.05) is 37.7 Å². The van der Waals surface area contributed by atoms with Gasteiger partial charge in [0, 0.05) is 52.1 Å². The number of nitrogens with zero attached hydrogens (tertiary/aromatic N) is 6. The van der Waals surface area contributed by atoms with E-state index in [1.165, 1.54) is 0 Å². The smallest absolute Gasteiger partial charge is 0.191 e. The van der Waals surface area contributed by atoms with Crippen molar-refractivity contribution < 1.29 is 4.74 Å². The van der Waals surface area contributed by atoms with Gasteiger partial charge in [-0.1, -0.05) is 11.6 Å². The van der Waals surface area contributed by atoms with Gasteiger partial charge < -0.3 is 24.8 Å². The highest BCUT2D eigenvalue weighted by molar-refractivity contribution is 14.0. The van der Waals surface area contributed by atoms with Gasteiger partial charge in [0.1, 0.15) is 18.2 Å². The molecule has 31 heavy (non-hydrogen) atoms. The van der Waals surface area contributed by atoms with E-state index in [1.807, 2.05) is 37.6 Å². The molecular formula is C20H32ClIN8O. The number of guanidine groups is 1. The van der Waals surface area contributed by atoms with Crippen LogP contribution in [-0.2, 0) is 18.3 Å². The lowest BCUT2D eigenvalue weighted by Gasteiger charge is -2.20. The number of aryl methyl sites for hydroxylation is 1. The van der Waals surface area contributed by atoms with Gasteiger partial charge in [-0.2, -0.15) is 0 Å². The van der Waals surface area contributed by atoms with Gasteiger partial charge in [0.25, 0.3) is 0 Å². The molecule has 172 valence electrons. The van der Waals surface area contributed by atoms with E-state index in [0.717, 1.165) is 69.1 Å². The third-order valence-corrected chi connectivity index (χ3v) is 5.39. The lowest BCUT2D eigenvalue weighted by atomic mass is 10.3. The maximum Gasteiger partial charge on any atom is 0.191 e. The number of hydrogen-bond acceptors (Lipinski definition) is 6. The highest BCUT2D eigenvalue weighted by Gasteiger charge is 2.25. The second-order valence-electron chi connectivity index (χ2n) is 7.25. The summed E-state index contributed by atoms with van der Waals surface area (Å²) in [6, 6.07) is 3.98. The van der Waals surface area contributed by atoms with Gasteiger partial charge in [-0.3, -0.25) is 0 Å². The van der Waals surface area contributed by atoms with Crippen molar-refractivity contribution in [1.29, 1.82) is 0 Å². The maximum absolute atomic E-state index is 6.31. The molecule has 11 heteroatoms. The standard InChI is InChI=1S/C20H31ClN8O.HI/c1-4-30-12-6-10-23-20(24-13-18-27-26-15(2)28(18)3)25-16-8-11-29(14-16)19-17(21)7-5-9-22-19;/h5,7,9,16H,4,6,8,10-14H2,1-3H3,(H2,23,24,25);1H. The Bertz CT molecular complexity index is 846. The SMILES string of the molecule is CCOCCCNC(=NCc1nnc(C)n1C)NC1CCN(c2ncccc2Cl)C1.I. The topological polar surface area (TPSA) is 92.5 Å². The normalized spacial score (nSPS) is 16.3. The molecule has 3 heterocycles. The maximum atomic E-state index is 6.31. The lowest BCUT2D eigenvalue weighted by Crippen LogP contribution is -2.45. The largest absolute Gasteiger partial charge is 0.382 e. The predicted octanol–water partition coefficient (Wildman–Crippen LogP) is 2.53. The Morgan fingerprint density at radius 1 is 1.39 bits per heavy atom. The van der Waals surface area contributed by atoms with Crippen LogP contribution in [0.4, 0.5) is 5.82 Å². The van der Waals surface area contributed by atoms with E-state index in [9.17, 15) is 0 Å². The summed E-state index contributed by atoms with van der Waals surface area (Å²) in [6.45, 7) is 8.36. The second kappa shape index (κ2) is 13.0. The van der Waals surface area contributed by atoms with Crippen molar-refractivity contribution >= 4 is 47.4 Å². The molecule has 1 aliphatic heterocycles. The van der Waals surface area contributed by atoms with Crippen LogP contribution in [0.5, 0.6) is 0 Å². The van der Waals surface area contributed by atoms with E-state index in [-0.39, 0.29) is 30.0 Å². The first-order valence-corrected chi connectivity index (χ1v) is 10.8. The van der Waals surface area contributed by atoms with Crippen LogP contribution in [-0.4, -0.2) is 64.6 Å². The molecule has 0 aromatic carbocycles. The van der Waals surface area contributed by atoms with Gasteiger partial charge in [-0.05, 0) is 38.8 Å². The summed E-state index contributed by atoms with van der Waals surface area (Å²) in [5, 5.41) is 15.9. The van der Waals surface area contributed by atoms with E-state index >= 15 is 0 Å². The van der Waals surface area contributed by atoms with Gasteiger partial charge in [0.15, 0.2) is 11.8 Å². The third-order valence-electron chi connectivity index (χ3n) is 5.09. The molecule has 3 rings (SSSR count). The number of rotatable bonds is 9. The zero-order chi connectivity index (χ0) is 21.3. The summed E-state index contributed by atoms with van der Waals surface area (Å²) >= 11 is 6.31. The number of nitrogens with one attached hydrogen (secondary N) is 2. The number of aromatic nitrogens is 4. The average molecular weight is 563 g/mol. The molecule has 1 fully saturated rings. The predicted molar refractivity (Wildman–Crippen MR) is 134 cm³/mol. The molecule has 0 aliphatic carbocycles. The Kier molecular flexibility index (Phi) is 10.7. The molecule has 1 saturated heterocycles. The Labute approximate surface area is 206 Å². The summed E-state index contributed by atoms with van der Waals surface area (Å²) < 4.78 is 7.38. The van der Waals surface area contributed by atoms with Crippen LogP contribution in [0.1, 0.15) is 31.4 Å². The van der Waals surface area contributed by atoms with Crippen molar-refractivity contribution in [2.45, 2.75) is 39.3 Å². The molecular weight excluding hydrogens is 531 g/mol. The van der Waals surface area contributed by atoms with Crippen molar-refractivity contribution in [3.05, 3.63) is 35.0 Å². The van der Waals surface area contributed by atoms with Crippen LogP contribution < -0.4 is 15.5 Å². The summed E-state index contributed by atoms with van der Waals surface area (Å²) in [7, 11) is 1.95. The van der Waals surface area contributed by atoms with E-state index in [0.29, 0.717) is 11.6 Å². The summed E-state index contributed by atoms with van der Waals surface area (Å²) in [5.41, 5.74) is 0. The molecule has 2 N–H and O–H groups in total. The third kappa shape index (κ3) is 7.46. The molecule has 0 amide bonds. The molecule has 1 atom stereocenters. The van der Waals surface area contributed by atoms with Gasteiger partial charge >= 0.3 is 0 Å². The quantitative estimate of drug-likeness (QED) is 0.210. The zero-order valence-electron chi connectivity index (χ0n) is 18.3. The Hall–Kier alpha value is -1.66. The first-order chi connectivity index (χ1) is 14.6. The Morgan fingerprint density at radius 2 is 2.23 bits per heavy atom. The van der Waals surface area contributed by atoms with E-state index in [1.54, 1.807) is 6.20 Å². The van der Waals surface area contributed by atoms with Gasteiger partial charge in [-0.25, -0.2) is 9.98 Å². The zero-order valence-corrected chi connectivity index (χ0v) is 21.4. The van der Waals surface area contributed by atoms with E-state index in [4.69, 9.17) is 21.3 Å². The van der Waals surface area contributed by atoms with Crippen LogP contribution in [0.3, 0.4) is 0 Å². The molecule has 2 aromatic rings. The number of hydrogen-bond donors (Lipinski definition) is 2. The van der Waals surface area contributed by atoms with Crippen molar-refractivity contribution in [3.63, 3.8) is 0 Å². The second-order valence-corrected chi connectivity index (χ2v) is 7.66. The van der Waals surface area contributed by atoms with Crippen LogP contribution >= 0.6 is 35.6 Å². The minimum Gasteiger partial charge on any atom is -0.382 e. The molecule has 0 radical (unpaired) electrons. The van der Waals surface area contributed by atoms with Crippen molar-refractivity contribution in [2.24, 2.45) is 12.0 Å². The lowest BCUT2D eigenvalue weighted by molar-refractivity contribution is 0.145. The van der Waals surface area contributed by atoms with Gasteiger partial charge in [-0.15, -0.1) is 34.2 Å². The Morgan fingerprint density at radius 3 is 2.94 bits per heavy atom. The fourth-order valence-corrected chi connectivity index (χ4v) is 3.53. The first kappa shape index (κ1) is 25.6. The number of halogens is 2. The molecule has 1 unspecified atom stereocenters. The molecule has 0 saturated carbocycles. The van der Waals surface area contributed by atoms with Gasteiger partial charge in [0.2, 0.25) is 0 Å². The van der Waals surface area contributed by atoms with Crippen LogP contribution in [0, 0.1) is 6.92 Å². The minimum absolute atomic E-state index is 0. The van der Waals surface area contributed by atoms with E-state index < -0.39 is 0 Å². The van der Waals surface area contributed by atoms with Crippen LogP contribution in [0.2, 0.25) is 5.02 Å². The van der Waals surface area contributed by atoms with Crippen LogP contribution in [0.15, 0.2) is 23.3 Å². The number of pyridine rings is 1. The molecule has 9 nitrogen and oxygen atoms in total. The molecule has 0 bridgehead atoms. The molecule has 0 spiro atoms. The molecule has 2 aromatic heterocycles. The van der Waals surface area contributed by atoms with E-state index in [2.05, 4.69) is 30.7 Å². The van der Waals surface area contributed by atoms with Crippen LogP contribution in [0.25, 0.3) is 0 Å². The Balaban J connectivity index is 0.00000341. The van der Waals surface area contributed by atoms with Gasteiger partial charge in [0.05, 0.1) is 5.02 Å². The van der Waals surface area contributed by atoms with Crippen molar-refractivity contribution in [1.82, 2.24) is 30.4 Å². The number of aliphatic imine (C=N–C) groups is 1. The number of anilines is 1. The summed E-state index contributed by atoms with van der Waals surface area (Å²) in [6.07, 6.45) is 3.67. The molecule has 1 aliphatic rings. The average Bonchev–Trinajstić information content (AvgIpc) is 3.33. The summed E-state index contributed by atoms with van der Waals surface area (Å²) in [5.74, 6) is 3.31. The number of ether oxygens (including phenoxy) is 1. The highest BCUT2D eigenvalue weighted by atomic mass is 127. The highest BCUT2D eigenvalue weighted by Crippen LogP contribution is 2.25. The fourth-order valence-electron chi connectivity index (χ4n) is 3.29. The minimum atomic E-state index is 0. The fraction of sp³-hybridized carbons (Fsp3) is 0.600.